The predicted molar refractivity (Wildman–Crippen MR) is 75.4 cm³/mol. The van der Waals surface area contributed by atoms with Crippen LogP contribution in [0.4, 0.5) is 0 Å². The lowest BCUT2D eigenvalue weighted by Gasteiger charge is -2.23. The van der Waals surface area contributed by atoms with Crippen molar-refractivity contribution >= 4 is 17.2 Å². The van der Waals surface area contributed by atoms with Crippen LogP contribution in [-0.4, -0.2) is 22.0 Å². The summed E-state index contributed by atoms with van der Waals surface area (Å²) < 4.78 is 2.20. The standard InChI is InChI=1S/C14H17N3OS/c1-10-3-7-19-13(10)14(18)16-9-11-2-5-17-6-4-15-12(17)8-11/h3-4,6-7,11H,2,5,8-9H2,1H3,(H,16,18)/t11-/m1/s1. The van der Waals surface area contributed by atoms with Crippen LogP contribution < -0.4 is 5.32 Å². The van der Waals surface area contributed by atoms with E-state index < -0.39 is 0 Å². The monoisotopic (exact) mass is 275 g/mol. The Labute approximate surface area is 116 Å². The van der Waals surface area contributed by atoms with Gasteiger partial charge in [0.25, 0.3) is 5.91 Å². The van der Waals surface area contributed by atoms with Crippen molar-refractivity contribution in [1.29, 1.82) is 0 Å². The predicted octanol–water partition coefficient (Wildman–Crippen LogP) is 2.25. The highest BCUT2D eigenvalue weighted by atomic mass is 32.1. The van der Waals surface area contributed by atoms with Gasteiger partial charge in [-0.05, 0) is 36.3 Å². The molecule has 0 saturated carbocycles. The number of nitrogens with zero attached hydrogens (tertiary/aromatic N) is 2. The number of rotatable bonds is 3. The molecule has 4 nitrogen and oxygen atoms in total. The fraction of sp³-hybridized carbons (Fsp3) is 0.429. The molecule has 1 aliphatic heterocycles. The molecule has 1 aliphatic rings. The zero-order valence-electron chi connectivity index (χ0n) is 10.9. The van der Waals surface area contributed by atoms with Crippen LogP contribution in [0.5, 0.6) is 0 Å². The topological polar surface area (TPSA) is 46.9 Å². The summed E-state index contributed by atoms with van der Waals surface area (Å²) in [5, 5.41) is 5.01. The van der Waals surface area contributed by atoms with Crippen LogP contribution in [0.1, 0.15) is 27.5 Å². The average molecular weight is 275 g/mol. The molecule has 0 radical (unpaired) electrons. The second-order valence-electron chi connectivity index (χ2n) is 5.04. The maximum absolute atomic E-state index is 12.0. The number of hydrogen-bond donors (Lipinski definition) is 1. The van der Waals surface area contributed by atoms with Crippen LogP contribution >= 0.6 is 11.3 Å². The first-order valence-electron chi connectivity index (χ1n) is 6.56. The summed E-state index contributed by atoms with van der Waals surface area (Å²) >= 11 is 1.51. The highest BCUT2D eigenvalue weighted by Crippen LogP contribution is 2.19. The van der Waals surface area contributed by atoms with Crippen molar-refractivity contribution in [2.24, 2.45) is 5.92 Å². The van der Waals surface area contributed by atoms with E-state index in [0.29, 0.717) is 5.92 Å². The lowest BCUT2D eigenvalue weighted by molar-refractivity contribution is 0.0948. The molecule has 0 bridgehead atoms. The Morgan fingerprint density at radius 1 is 1.63 bits per heavy atom. The molecule has 1 atom stereocenters. The molecule has 5 heteroatoms. The lowest BCUT2D eigenvalue weighted by atomic mass is 9.98. The summed E-state index contributed by atoms with van der Waals surface area (Å²) in [6.45, 7) is 3.72. The number of imidazole rings is 1. The van der Waals surface area contributed by atoms with Gasteiger partial charge >= 0.3 is 0 Å². The third-order valence-corrected chi connectivity index (χ3v) is 4.69. The molecule has 1 amide bonds. The van der Waals surface area contributed by atoms with E-state index in [0.717, 1.165) is 42.2 Å². The summed E-state index contributed by atoms with van der Waals surface area (Å²) in [6.07, 6.45) is 5.94. The van der Waals surface area contributed by atoms with Crippen molar-refractivity contribution in [3.8, 4) is 0 Å². The molecule has 19 heavy (non-hydrogen) atoms. The molecule has 0 unspecified atom stereocenters. The fourth-order valence-electron chi connectivity index (χ4n) is 2.51. The van der Waals surface area contributed by atoms with Crippen molar-refractivity contribution in [3.05, 3.63) is 40.1 Å². The van der Waals surface area contributed by atoms with Crippen molar-refractivity contribution in [3.63, 3.8) is 0 Å². The summed E-state index contributed by atoms with van der Waals surface area (Å²) in [4.78, 5) is 17.2. The first-order chi connectivity index (χ1) is 9.24. The Balaban J connectivity index is 1.56. The van der Waals surface area contributed by atoms with Gasteiger partial charge in [-0.1, -0.05) is 0 Å². The lowest BCUT2D eigenvalue weighted by Crippen LogP contribution is -2.33. The second kappa shape index (κ2) is 5.17. The minimum Gasteiger partial charge on any atom is -0.351 e. The number of aromatic nitrogens is 2. The highest BCUT2D eigenvalue weighted by molar-refractivity contribution is 7.12. The number of carbonyl (C=O) groups excluding carboxylic acids is 1. The number of hydrogen-bond acceptors (Lipinski definition) is 3. The molecule has 2 aromatic rings. The number of carbonyl (C=O) groups is 1. The molecule has 0 fully saturated rings. The van der Waals surface area contributed by atoms with E-state index in [4.69, 9.17) is 0 Å². The maximum Gasteiger partial charge on any atom is 0.261 e. The van der Waals surface area contributed by atoms with Gasteiger partial charge in [-0.25, -0.2) is 4.98 Å². The Kier molecular flexibility index (Phi) is 3.38. The van der Waals surface area contributed by atoms with Gasteiger partial charge in [0.15, 0.2) is 0 Å². The van der Waals surface area contributed by atoms with Crippen LogP contribution in [0.2, 0.25) is 0 Å². The molecule has 0 spiro atoms. The van der Waals surface area contributed by atoms with E-state index in [9.17, 15) is 4.79 Å². The highest BCUT2D eigenvalue weighted by Gasteiger charge is 2.20. The minimum atomic E-state index is 0.0569. The van der Waals surface area contributed by atoms with E-state index in [1.807, 2.05) is 30.8 Å². The summed E-state index contributed by atoms with van der Waals surface area (Å²) in [5.74, 6) is 1.69. The molecular formula is C14H17N3OS. The Morgan fingerprint density at radius 3 is 3.32 bits per heavy atom. The molecule has 2 aromatic heterocycles. The number of thiophene rings is 1. The van der Waals surface area contributed by atoms with Crippen molar-refractivity contribution in [2.45, 2.75) is 26.3 Å². The van der Waals surface area contributed by atoms with Gasteiger partial charge in [-0.3, -0.25) is 4.79 Å². The second-order valence-corrected chi connectivity index (χ2v) is 5.95. The van der Waals surface area contributed by atoms with Gasteiger partial charge in [-0.15, -0.1) is 11.3 Å². The summed E-state index contributed by atoms with van der Waals surface area (Å²) in [5.41, 5.74) is 1.06. The van der Waals surface area contributed by atoms with E-state index in [1.54, 1.807) is 0 Å². The van der Waals surface area contributed by atoms with E-state index in [-0.39, 0.29) is 5.91 Å². The van der Waals surface area contributed by atoms with E-state index in [1.165, 1.54) is 11.3 Å². The van der Waals surface area contributed by atoms with Crippen molar-refractivity contribution < 1.29 is 4.79 Å². The third-order valence-electron chi connectivity index (χ3n) is 3.67. The van der Waals surface area contributed by atoms with Crippen LogP contribution in [0, 0.1) is 12.8 Å². The number of fused-ring (bicyclic) bond motifs is 1. The first kappa shape index (κ1) is 12.4. The van der Waals surface area contributed by atoms with Crippen molar-refractivity contribution in [2.75, 3.05) is 6.54 Å². The van der Waals surface area contributed by atoms with Gasteiger partial charge in [0.05, 0.1) is 4.88 Å². The molecule has 0 aliphatic carbocycles. The first-order valence-corrected chi connectivity index (χ1v) is 7.44. The van der Waals surface area contributed by atoms with Crippen LogP contribution in [0.25, 0.3) is 0 Å². The van der Waals surface area contributed by atoms with E-state index >= 15 is 0 Å². The van der Waals surface area contributed by atoms with Crippen LogP contribution in [0.15, 0.2) is 23.8 Å². The molecule has 0 saturated heterocycles. The van der Waals surface area contributed by atoms with E-state index in [2.05, 4.69) is 14.9 Å². The average Bonchev–Trinajstić information content (AvgIpc) is 3.03. The van der Waals surface area contributed by atoms with Crippen molar-refractivity contribution in [1.82, 2.24) is 14.9 Å². The zero-order chi connectivity index (χ0) is 13.2. The third kappa shape index (κ3) is 2.56. The molecule has 3 heterocycles. The van der Waals surface area contributed by atoms with Gasteiger partial charge in [-0.2, -0.15) is 0 Å². The molecule has 0 aromatic carbocycles. The molecule has 1 N–H and O–H groups in total. The number of nitrogens with one attached hydrogen (secondary N) is 1. The zero-order valence-corrected chi connectivity index (χ0v) is 11.7. The Morgan fingerprint density at radius 2 is 2.53 bits per heavy atom. The quantitative estimate of drug-likeness (QED) is 0.934. The Hall–Kier alpha value is -1.62. The summed E-state index contributed by atoms with van der Waals surface area (Å²) in [6, 6.07) is 1.98. The van der Waals surface area contributed by atoms with Crippen LogP contribution in [-0.2, 0) is 13.0 Å². The van der Waals surface area contributed by atoms with Gasteiger partial charge in [0, 0.05) is 31.9 Å². The molecular weight excluding hydrogens is 258 g/mol. The normalized spacial score (nSPS) is 18.1. The SMILES string of the molecule is Cc1ccsc1C(=O)NC[C@@H]1CCn2ccnc2C1. The van der Waals surface area contributed by atoms with Crippen LogP contribution in [0.3, 0.4) is 0 Å². The van der Waals surface area contributed by atoms with Gasteiger partial charge in [0.1, 0.15) is 5.82 Å². The van der Waals surface area contributed by atoms with Gasteiger partial charge < -0.3 is 9.88 Å². The molecule has 100 valence electrons. The summed E-state index contributed by atoms with van der Waals surface area (Å²) in [7, 11) is 0. The number of amides is 1. The fourth-order valence-corrected chi connectivity index (χ4v) is 3.35. The number of aryl methyl sites for hydroxylation is 2. The Bertz CT molecular complexity index is 587. The van der Waals surface area contributed by atoms with Gasteiger partial charge in [0.2, 0.25) is 0 Å². The smallest absolute Gasteiger partial charge is 0.261 e. The minimum absolute atomic E-state index is 0.0569. The molecule has 3 rings (SSSR count). The largest absolute Gasteiger partial charge is 0.351 e. The maximum atomic E-state index is 12.0.